The third-order valence-electron chi connectivity index (χ3n) is 2.08. The van der Waals surface area contributed by atoms with E-state index in [1.807, 2.05) is 25.1 Å². The third-order valence-corrected chi connectivity index (χ3v) is 2.31. The zero-order valence-corrected chi connectivity index (χ0v) is 9.20. The van der Waals surface area contributed by atoms with Crippen LogP contribution < -0.4 is 4.90 Å². The Labute approximate surface area is 93.6 Å². The highest BCUT2D eigenvalue weighted by atomic mass is 35.5. The van der Waals surface area contributed by atoms with Gasteiger partial charge in [-0.1, -0.05) is 18.2 Å². The van der Waals surface area contributed by atoms with Crippen molar-refractivity contribution in [3.05, 3.63) is 29.8 Å². The molecule has 1 rings (SSSR count). The van der Waals surface area contributed by atoms with Crippen LogP contribution in [0.15, 0.2) is 24.3 Å². The number of amides is 1. The van der Waals surface area contributed by atoms with E-state index in [4.69, 9.17) is 11.6 Å². The fourth-order valence-corrected chi connectivity index (χ4v) is 1.49. The fraction of sp³-hybridized carbons (Fsp3) is 0.273. The number of hydrogen-bond acceptors (Lipinski definition) is 2. The zero-order chi connectivity index (χ0) is 11.3. The molecule has 0 fully saturated rings. The summed E-state index contributed by atoms with van der Waals surface area (Å²) in [4.78, 5) is 23.4. The Morgan fingerprint density at radius 3 is 2.67 bits per heavy atom. The lowest BCUT2D eigenvalue weighted by Gasteiger charge is -2.21. The van der Waals surface area contributed by atoms with Crippen LogP contribution in [0.1, 0.15) is 5.56 Å². The van der Waals surface area contributed by atoms with Crippen molar-refractivity contribution in [1.82, 2.24) is 0 Å². The standard InChI is InChI=1S/C11H12ClNO2/c1-9-4-2-3-5-10(9)13(6-7-14)11(15)8-12/h2-5,7H,6,8H2,1H3. The van der Waals surface area contributed by atoms with E-state index < -0.39 is 0 Å². The second-order valence-corrected chi connectivity index (χ2v) is 3.36. The predicted molar refractivity (Wildman–Crippen MR) is 60.3 cm³/mol. The van der Waals surface area contributed by atoms with Gasteiger partial charge in [-0.25, -0.2) is 0 Å². The quantitative estimate of drug-likeness (QED) is 0.579. The molecule has 0 aromatic heterocycles. The maximum Gasteiger partial charge on any atom is 0.242 e. The molecule has 0 atom stereocenters. The Bertz CT molecular complexity index is 365. The van der Waals surface area contributed by atoms with Gasteiger partial charge in [0.1, 0.15) is 12.2 Å². The number of rotatable bonds is 4. The molecule has 0 aliphatic rings. The van der Waals surface area contributed by atoms with Gasteiger partial charge in [-0.2, -0.15) is 0 Å². The highest BCUT2D eigenvalue weighted by molar-refractivity contribution is 6.29. The molecule has 0 radical (unpaired) electrons. The average Bonchev–Trinajstić information content (AvgIpc) is 2.26. The smallest absolute Gasteiger partial charge is 0.242 e. The molecule has 4 heteroatoms. The van der Waals surface area contributed by atoms with Gasteiger partial charge in [0, 0.05) is 5.69 Å². The van der Waals surface area contributed by atoms with Gasteiger partial charge in [0.2, 0.25) is 5.91 Å². The number of aldehydes is 1. The number of alkyl halides is 1. The number of hydrogen-bond donors (Lipinski definition) is 0. The molecule has 1 aromatic rings. The van der Waals surface area contributed by atoms with E-state index in [-0.39, 0.29) is 18.3 Å². The summed E-state index contributed by atoms with van der Waals surface area (Å²) in [6.07, 6.45) is 0.691. The van der Waals surface area contributed by atoms with Gasteiger partial charge in [0.15, 0.2) is 0 Å². The summed E-state index contributed by atoms with van der Waals surface area (Å²) in [5.41, 5.74) is 1.67. The maximum atomic E-state index is 11.5. The van der Waals surface area contributed by atoms with Gasteiger partial charge >= 0.3 is 0 Å². The normalized spacial score (nSPS) is 9.73. The Morgan fingerprint density at radius 2 is 2.13 bits per heavy atom. The van der Waals surface area contributed by atoms with Crippen molar-refractivity contribution >= 4 is 29.5 Å². The largest absolute Gasteiger partial charge is 0.304 e. The Hall–Kier alpha value is -1.35. The first kappa shape index (κ1) is 11.7. The van der Waals surface area contributed by atoms with Crippen LogP contribution >= 0.6 is 11.6 Å². The minimum Gasteiger partial charge on any atom is -0.304 e. The first-order valence-electron chi connectivity index (χ1n) is 4.56. The molecule has 0 aliphatic heterocycles. The molecule has 1 aromatic carbocycles. The van der Waals surface area contributed by atoms with Gasteiger partial charge < -0.3 is 9.69 Å². The number of halogens is 1. The van der Waals surface area contributed by atoms with E-state index in [0.717, 1.165) is 11.3 Å². The second kappa shape index (κ2) is 5.51. The van der Waals surface area contributed by atoms with Gasteiger partial charge in [0.05, 0.1) is 6.54 Å². The summed E-state index contributed by atoms with van der Waals surface area (Å²) in [7, 11) is 0. The summed E-state index contributed by atoms with van der Waals surface area (Å²) in [6.45, 7) is 1.92. The van der Waals surface area contributed by atoms with Gasteiger partial charge in [-0.15, -0.1) is 11.6 Å². The molecular weight excluding hydrogens is 214 g/mol. The topological polar surface area (TPSA) is 37.4 Å². The number of anilines is 1. The highest BCUT2D eigenvalue weighted by Crippen LogP contribution is 2.19. The summed E-state index contributed by atoms with van der Waals surface area (Å²) >= 11 is 5.48. The number of aryl methyl sites for hydroxylation is 1. The number of nitrogens with zero attached hydrogens (tertiary/aromatic N) is 1. The Balaban J connectivity index is 3.03. The van der Waals surface area contributed by atoms with E-state index in [1.54, 1.807) is 6.07 Å². The van der Waals surface area contributed by atoms with Gasteiger partial charge in [0.25, 0.3) is 0 Å². The van der Waals surface area contributed by atoms with Crippen LogP contribution in [0.5, 0.6) is 0 Å². The highest BCUT2D eigenvalue weighted by Gasteiger charge is 2.15. The van der Waals surface area contributed by atoms with Crippen LogP contribution in [0.2, 0.25) is 0 Å². The number of carbonyl (C=O) groups excluding carboxylic acids is 2. The van der Waals surface area contributed by atoms with Crippen LogP contribution in [0.25, 0.3) is 0 Å². The van der Waals surface area contributed by atoms with Crippen molar-refractivity contribution in [3.8, 4) is 0 Å². The van der Waals surface area contributed by atoms with Crippen molar-refractivity contribution < 1.29 is 9.59 Å². The molecule has 0 heterocycles. The lowest BCUT2D eigenvalue weighted by atomic mass is 10.2. The van der Waals surface area contributed by atoms with Crippen LogP contribution in [0.3, 0.4) is 0 Å². The van der Waals surface area contributed by atoms with Crippen molar-refractivity contribution in [2.24, 2.45) is 0 Å². The number of carbonyl (C=O) groups is 2. The summed E-state index contributed by atoms with van der Waals surface area (Å²) in [5.74, 6) is -0.389. The SMILES string of the molecule is Cc1ccccc1N(CC=O)C(=O)CCl. The van der Waals surface area contributed by atoms with Crippen LogP contribution in [0, 0.1) is 6.92 Å². The molecule has 0 bridgehead atoms. The molecular formula is C11H12ClNO2. The molecule has 0 N–H and O–H groups in total. The molecule has 15 heavy (non-hydrogen) atoms. The molecule has 0 unspecified atom stereocenters. The maximum absolute atomic E-state index is 11.5. The van der Waals surface area contributed by atoms with E-state index in [0.29, 0.717) is 6.29 Å². The molecule has 3 nitrogen and oxygen atoms in total. The lowest BCUT2D eigenvalue weighted by Crippen LogP contribution is -2.34. The molecule has 0 spiro atoms. The monoisotopic (exact) mass is 225 g/mol. The Kier molecular flexibility index (Phi) is 4.31. The predicted octanol–water partition coefficient (Wildman–Crippen LogP) is 1.77. The van der Waals surface area contributed by atoms with Crippen molar-refractivity contribution in [3.63, 3.8) is 0 Å². The van der Waals surface area contributed by atoms with Crippen LogP contribution in [-0.2, 0) is 9.59 Å². The van der Waals surface area contributed by atoms with Gasteiger partial charge in [-0.05, 0) is 18.6 Å². The van der Waals surface area contributed by atoms with Crippen molar-refractivity contribution in [2.45, 2.75) is 6.92 Å². The molecule has 0 saturated carbocycles. The molecule has 0 aliphatic carbocycles. The third kappa shape index (κ3) is 2.80. The molecule has 0 saturated heterocycles. The minimum atomic E-state index is -0.266. The van der Waals surface area contributed by atoms with Gasteiger partial charge in [-0.3, -0.25) is 4.79 Å². The molecule has 80 valence electrons. The van der Waals surface area contributed by atoms with Crippen molar-refractivity contribution in [2.75, 3.05) is 17.3 Å². The number of para-hydroxylation sites is 1. The summed E-state index contributed by atoms with van der Waals surface area (Å²) in [5, 5.41) is 0. The second-order valence-electron chi connectivity index (χ2n) is 3.09. The first-order valence-corrected chi connectivity index (χ1v) is 5.09. The van der Waals surface area contributed by atoms with Crippen molar-refractivity contribution in [1.29, 1.82) is 0 Å². The Morgan fingerprint density at radius 1 is 1.47 bits per heavy atom. The van der Waals surface area contributed by atoms with E-state index in [1.165, 1.54) is 4.90 Å². The number of benzene rings is 1. The summed E-state index contributed by atoms with van der Waals surface area (Å²) < 4.78 is 0. The molecule has 1 amide bonds. The van der Waals surface area contributed by atoms with E-state index in [2.05, 4.69) is 0 Å². The average molecular weight is 226 g/mol. The van der Waals surface area contributed by atoms with E-state index >= 15 is 0 Å². The van der Waals surface area contributed by atoms with Crippen LogP contribution in [0.4, 0.5) is 5.69 Å². The van der Waals surface area contributed by atoms with Crippen LogP contribution in [-0.4, -0.2) is 24.6 Å². The summed E-state index contributed by atoms with van der Waals surface area (Å²) in [6, 6.07) is 7.38. The van der Waals surface area contributed by atoms with E-state index in [9.17, 15) is 9.59 Å². The minimum absolute atomic E-state index is 0.0381. The lowest BCUT2D eigenvalue weighted by molar-refractivity contribution is -0.117. The zero-order valence-electron chi connectivity index (χ0n) is 8.44. The first-order chi connectivity index (χ1) is 7.20. The fourth-order valence-electron chi connectivity index (χ4n) is 1.35.